The summed E-state index contributed by atoms with van der Waals surface area (Å²) in [5.41, 5.74) is 2.05. The summed E-state index contributed by atoms with van der Waals surface area (Å²) in [5, 5.41) is 6.00. The van der Waals surface area contributed by atoms with E-state index in [0.29, 0.717) is 5.11 Å². The van der Waals surface area contributed by atoms with E-state index < -0.39 is 0 Å². The highest BCUT2D eigenvalue weighted by molar-refractivity contribution is 7.80. The van der Waals surface area contributed by atoms with E-state index in [-0.39, 0.29) is 11.8 Å². The molecule has 0 aliphatic rings. The van der Waals surface area contributed by atoms with Gasteiger partial charge in [-0.25, -0.2) is 0 Å². The maximum atomic E-state index is 11.5. The third-order valence-corrected chi connectivity index (χ3v) is 3.22. The van der Waals surface area contributed by atoms with Crippen LogP contribution in [0.1, 0.15) is 27.7 Å². The summed E-state index contributed by atoms with van der Waals surface area (Å²) in [6.07, 6.45) is 0. The summed E-state index contributed by atoms with van der Waals surface area (Å²) in [6.45, 7) is 9.88. The van der Waals surface area contributed by atoms with E-state index in [1.165, 1.54) is 5.69 Å². The number of hydrogen-bond acceptors (Lipinski definition) is 3. The number of anilines is 2. The van der Waals surface area contributed by atoms with Gasteiger partial charge < -0.3 is 15.5 Å². The Morgan fingerprint density at radius 3 is 2.20 bits per heavy atom. The topological polar surface area (TPSA) is 44.4 Å². The fourth-order valence-electron chi connectivity index (χ4n) is 1.76. The molecule has 110 valence electrons. The van der Waals surface area contributed by atoms with E-state index in [2.05, 4.69) is 29.4 Å². The predicted octanol–water partition coefficient (Wildman–Crippen LogP) is 3.00. The number of nitrogens with zero attached hydrogens (tertiary/aromatic N) is 1. The standard InChI is InChI=1S/C15H23N3OS/c1-5-18(6-2)13-9-7-12(8-10-13)16-15(20)17-14(19)11(3)4/h7-11H,5-6H2,1-4H3,(H2,16,17,19,20). The van der Waals surface area contributed by atoms with E-state index >= 15 is 0 Å². The Morgan fingerprint density at radius 2 is 1.75 bits per heavy atom. The largest absolute Gasteiger partial charge is 0.372 e. The first-order valence-electron chi connectivity index (χ1n) is 6.94. The molecule has 1 aromatic rings. The lowest BCUT2D eigenvalue weighted by atomic mass is 10.2. The van der Waals surface area contributed by atoms with E-state index in [4.69, 9.17) is 12.2 Å². The number of rotatable bonds is 5. The molecule has 20 heavy (non-hydrogen) atoms. The second-order valence-corrected chi connectivity index (χ2v) is 5.23. The van der Waals surface area contributed by atoms with Crippen molar-refractivity contribution in [2.75, 3.05) is 23.3 Å². The maximum absolute atomic E-state index is 11.5. The van der Waals surface area contributed by atoms with Crippen LogP contribution in [0.4, 0.5) is 11.4 Å². The lowest BCUT2D eigenvalue weighted by Gasteiger charge is -2.21. The molecule has 0 saturated heterocycles. The number of carbonyl (C=O) groups excluding carboxylic acids is 1. The second-order valence-electron chi connectivity index (χ2n) is 4.82. The van der Waals surface area contributed by atoms with Gasteiger partial charge >= 0.3 is 0 Å². The Balaban J connectivity index is 2.61. The number of benzene rings is 1. The molecule has 0 bridgehead atoms. The minimum Gasteiger partial charge on any atom is -0.372 e. The molecule has 0 spiro atoms. The van der Waals surface area contributed by atoms with Crippen LogP contribution < -0.4 is 15.5 Å². The van der Waals surface area contributed by atoms with Gasteiger partial charge in [0.05, 0.1) is 0 Å². The average molecular weight is 293 g/mol. The fraction of sp³-hybridized carbons (Fsp3) is 0.467. The molecule has 0 atom stereocenters. The van der Waals surface area contributed by atoms with Gasteiger partial charge in [0.2, 0.25) is 5.91 Å². The Morgan fingerprint density at radius 1 is 1.20 bits per heavy atom. The van der Waals surface area contributed by atoms with Gasteiger partial charge in [0, 0.05) is 30.4 Å². The Hall–Kier alpha value is -1.62. The SMILES string of the molecule is CCN(CC)c1ccc(NC(=S)NC(=O)C(C)C)cc1. The quantitative estimate of drug-likeness (QED) is 0.819. The molecule has 0 aromatic heterocycles. The van der Waals surface area contributed by atoms with Gasteiger partial charge in [-0.1, -0.05) is 13.8 Å². The smallest absolute Gasteiger partial charge is 0.228 e. The molecule has 4 nitrogen and oxygen atoms in total. The number of nitrogens with one attached hydrogen (secondary N) is 2. The fourth-order valence-corrected chi connectivity index (χ4v) is 1.98. The zero-order valence-electron chi connectivity index (χ0n) is 12.6. The highest BCUT2D eigenvalue weighted by Crippen LogP contribution is 2.17. The molecular formula is C15H23N3OS. The van der Waals surface area contributed by atoms with Crippen molar-refractivity contribution in [2.24, 2.45) is 5.92 Å². The summed E-state index contributed by atoms with van der Waals surface area (Å²) >= 11 is 5.11. The minimum atomic E-state index is -0.0835. The summed E-state index contributed by atoms with van der Waals surface area (Å²) in [6, 6.07) is 8.01. The van der Waals surface area contributed by atoms with Gasteiger partial charge in [-0.3, -0.25) is 4.79 Å². The molecule has 1 rings (SSSR count). The van der Waals surface area contributed by atoms with Gasteiger partial charge in [0.15, 0.2) is 5.11 Å². The van der Waals surface area contributed by atoms with E-state index in [9.17, 15) is 4.79 Å². The number of thiocarbonyl (C=S) groups is 1. The van der Waals surface area contributed by atoms with Crippen molar-refractivity contribution in [3.8, 4) is 0 Å². The molecule has 2 N–H and O–H groups in total. The van der Waals surface area contributed by atoms with Crippen molar-refractivity contribution in [3.63, 3.8) is 0 Å². The number of hydrogen-bond donors (Lipinski definition) is 2. The average Bonchev–Trinajstić information content (AvgIpc) is 2.41. The minimum absolute atomic E-state index is 0.0812. The maximum Gasteiger partial charge on any atom is 0.228 e. The second kappa shape index (κ2) is 7.85. The molecule has 0 aliphatic heterocycles. The van der Waals surface area contributed by atoms with Gasteiger partial charge in [-0.15, -0.1) is 0 Å². The van der Waals surface area contributed by atoms with Crippen molar-refractivity contribution in [2.45, 2.75) is 27.7 Å². The van der Waals surface area contributed by atoms with Crippen LogP contribution in [-0.2, 0) is 4.79 Å². The van der Waals surface area contributed by atoms with Crippen LogP contribution in [0, 0.1) is 5.92 Å². The van der Waals surface area contributed by atoms with Gasteiger partial charge in [0.25, 0.3) is 0 Å². The van der Waals surface area contributed by atoms with Crippen LogP contribution in [0.5, 0.6) is 0 Å². The van der Waals surface area contributed by atoms with Crippen molar-refractivity contribution in [3.05, 3.63) is 24.3 Å². The van der Waals surface area contributed by atoms with Crippen molar-refractivity contribution in [1.82, 2.24) is 5.32 Å². The highest BCUT2D eigenvalue weighted by Gasteiger charge is 2.09. The Bertz CT molecular complexity index is 453. The van der Waals surface area contributed by atoms with Crippen LogP contribution in [0.25, 0.3) is 0 Å². The van der Waals surface area contributed by atoms with Crippen molar-refractivity contribution >= 4 is 34.6 Å². The molecule has 1 amide bonds. The molecule has 0 heterocycles. The lowest BCUT2D eigenvalue weighted by molar-refractivity contribution is -0.122. The van der Waals surface area contributed by atoms with Crippen LogP contribution in [0.15, 0.2) is 24.3 Å². The zero-order valence-corrected chi connectivity index (χ0v) is 13.4. The number of carbonyl (C=O) groups is 1. The molecule has 1 aromatic carbocycles. The van der Waals surface area contributed by atoms with Gasteiger partial charge in [0.1, 0.15) is 0 Å². The van der Waals surface area contributed by atoms with Crippen molar-refractivity contribution in [1.29, 1.82) is 0 Å². The van der Waals surface area contributed by atoms with Crippen molar-refractivity contribution < 1.29 is 4.79 Å². The van der Waals surface area contributed by atoms with E-state index in [0.717, 1.165) is 18.8 Å². The first-order valence-corrected chi connectivity index (χ1v) is 7.35. The lowest BCUT2D eigenvalue weighted by Crippen LogP contribution is -2.36. The van der Waals surface area contributed by atoms with E-state index in [1.807, 2.05) is 38.1 Å². The Labute approximate surface area is 126 Å². The van der Waals surface area contributed by atoms with Crippen LogP contribution in [0.3, 0.4) is 0 Å². The Kier molecular flexibility index (Phi) is 6.45. The third-order valence-electron chi connectivity index (χ3n) is 3.01. The van der Waals surface area contributed by atoms with Gasteiger partial charge in [-0.05, 0) is 50.3 Å². The first kappa shape index (κ1) is 16.4. The molecule has 0 saturated carbocycles. The monoisotopic (exact) mass is 293 g/mol. The summed E-state index contributed by atoms with van der Waals surface area (Å²) in [7, 11) is 0. The van der Waals surface area contributed by atoms with Gasteiger partial charge in [-0.2, -0.15) is 0 Å². The molecule has 5 heteroatoms. The molecule has 0 radical (unpaired) electrons. The summed E-state index contributed by atoms with van der Waals surface area (Å²) in [4.78, 5) is 13.8. The van der Waals surface area contributed by atoms with Crippen LogP contribution >= 0.6 is 12.2 Å². The van der Waals surface area contributed by atoms with E-state index in [1.54, 1.807) is 0 Å². The molecular weight excluding hydrogens is 270 g/mol. The molecule has 0 fully saturated rings. The number of amides is 1. The summed E-state index contributed by atoms with van der Waals surface area (Å²) in [5.74, 6) is -0.165. The highest BCUT2D eigenvalue weighted by atomic mass is 32.1. The molecule has 0 unspecified atom stereocenters. The normalized spacial score (nSPS) is 10.2. The molecule has 0 aliphatic carbocycles. The first-order chi connectivity index (χ1) is 9.47. The van der Waals surface area contributed by atoms with Crippen LogP contribution in [-0.4, -0.2) is 24.1 Å². The predicted molar refractivity (Wildman–Crippen MR) is 89.2 cm³/mol. The third kappa shape index (κ3) is 4.81. The summed E-state index contributed by atoms with van der Waals surface area (Å²) < 4.78 is 0. The van der Waals surface area contributed by atoms with Crippen LogP contribution in [0.2, 0.25) is 0 Å². The zero-order chi connectivity index (χ0) is 15.1.